The average Bonchev–Trinajstić information content (AvgIpc) is 2.38. The lowest BCUT2D eigenvalue weighted by Gasteiger charge is -2.08. The molecule has 6 heteroatoms. The average molecular weight is 419 g/mol. The zero-order chi connectivity index (χ0) is 15.0. The van der Waals surface area contributed by atoms with Crippen LogP contribution in [0.25, 0.3) is 0 Å². The predicted octanol–water partition coefficient (Wildman–Crippen LogP) is 4.39. The maximum Gasteiger partial charge on any atom is 0.138 e. The van der Waals surface area contributed by atoms with Crippen molar-refractivity contribution in [1.82, 2.24) is 14.9 Å². The lowest BCUT2D eigenvalue weighted by molar-refractivity contribution is 0.402. The maximum atomic E-state index is 4.90. The van der Waals surface area contributed by atoms with E-state index in [-0.39, 0.29) is 7.43 Å². The van der Waals surface area contributed by atoms with E-state index in [1.165, 1.54) is 5.56 Å². The third-order valence-electron chi connectivity index (χ3n) is 2.18. The molecule has 0 saturated heterocycles. The fourth-order valence-corrected chi connectivity index (χ4v) is 2.17. The summed E-state index contributed by atoms with van der Waals surface area (Å²) >= 11 is 6.63. The summed E-state index contributed by atoms with van der Waals surface area (Å²) in [5.74, 6) is 0.768. The van der Waals surface area contributed by atoms with Crippen LogP contribution in [0.4, 0.5) is 0 Å². The van der Waals surface area contributed by atoms with Crippen LogP contribution in [0.5, 0.6) is 5.75 Å². The molecule has 2 heterocycles. The van der Waals surface area contributed by atoms with E-state index < -0.39 is 0 Å². The van der Waals surface area contributed by atoms with E-state index in [0.717, 1.165) is 21.2 Å². The fourth-order valence-electron chi connectivity index (χ4n) is 1.41. The molecule has 2 aromatic heterocycles. The molecule has 0 unspecified atom stereocenters. The van der Waals surface area contributed by atoms with Gasteiger partial charge in [-0.1, -0.05) is 7.43 Å². The van der Waals surface area contributed by atoms with Crippen molar-refractivity contribution in [2.75, 3.05) is 21.2 Å². The Hall–Kier alpha value is -0.980. The molecule has 0 amide bonds. The molecule has 0 aliphatic carbocycles. The zero-order valence-corrected chi connectivity index (χ0v) is 14.8. The second-order valence-electron chi connectivity index (χ2n) is 4.29. The number of hydrogen-bond donors (Lipinski definition) is 0. The molecule has 0 N–H and O–H groups in total. The Balaban J connectivity index is 0.000000370. The summed E-state index contributed by atoms with van der Waals surface area (Å²) in [6, 6.07) is 3.93. The Kier molecular flexibility index (Phi) is 10.2. The first-order chi connectivity index (χ1) is 9.51. The first kappa shape index (κ1) is 20.0. The van der Waals surface area contributed by atoms with Gasteiger partial charge in [0.2, 0.25) is 0 Å². The van der Waals surface area contributed by atoms with Gasteiger partial charge in [-0.3, -0.25) is 9.97 Å². The molecule has 2 rings (SSSR count). The summed E-state index contributed by atoms with van der Waals surface area (Å²) in [5, 5.41) is 0. The van der Waals surface area contributed by atoms with E-state index in [2.05, 4.69) is 52.8 Å². The van der Waals surface area contributed by atoms with Crippen LogP contribution < -0.4 is 4.74 Å². The lowest BCUT2D eigenvalue weighted by Crippen LogP contribution is -2.10. The first-order valence-corrected chi connectivity index (χ1v) is 7.48. The number of pyridine rings is 2. The summed E-state index contributed by atoms with van der Waals surface area (Å²) in [4.78, 5) is 10.1. The zero-order valence-electron chi connectivity index (χ0n) is 11.7. The summed E-state index contributed by atoms with van der Waals surface area (Å²) in [6.07, 6.45) is 7.04. The van der Waals surface area contributed by atoms with Gasteiger partial charge in [0.25, 0.3) is 0 Å². The van der Waals surface area contributed by atoms with Gasteiger partial charge < -0.3 is 9.64 Å². The monoisotopic (exact) mass is 417 g/mol. The molecule has 0 aliphatic heterocycles. The van der Waals surface area contributed by atoms with Crippen LogP contribution in [-0.4, -0.2) is 36.1 Å². The first-order valence-electron chi connectivity index (χ1n) is 5.90. The van der Waals surface area contributed by atoms with Gasteiger partial charge in [-0.15, -0.1) is 0 Å². The molecule has 0 radical (unpaired) electrons. The van der Waals surface area contributed by atoms with Gasteiger partial charge in [0, 0.05) is 34.1 Å². The van der Waals surface area contributed by atoms with Gasteiger partial charge in [-0.2, -0.15) is 0 Å². The van der Waals surface area contributed by atoms with Crippen molar-refractivity contribution in [3.63, 3.8) is 0 Å². The molecular formula is C15H21Br2N3O. The molecule has 0 atom stereocenters. The van der Waals surface area contributed by atoms with Gasteiger partial charge in [-0.05, 0) is 63.7 Å². The number of halogens is 2. The van der Waals surface area contributed by atoms with Crippen molar-refractivity contribution >= 4 is 31.9 Å². The van der Waals surface area contributed by atoms with Crippen molar-refractivity contribution in [2.45, 2.75) is 14.0 Å². The summed E-state index contributed by atoms with van der Waals surface area (Å²) in [7, 11) is 5.70. The quantitative estimate of drug-likeness (QED) is 0.740. The van der Waals surface area contributed by atoms with Crippen molar-refractivity contribution < 1.29 is 4.74 Å². The Labute approximate surface area is 143 Å². The smallest absolute Gasteiger partial charge is 0.138 e. The van der Waals surface area contributed by atoms with Crippen LogP contribution in [-0.2, 0) is 6.54 Å². The number of nitrogens with zero attached hydrogens (tertiary/aromatic N) is 3. The lowest BCUT2D eigenvalue weighted by atomic mass is 10.3. The topological polar surface area (TPSA) is 38.2 Å². The highest BCUT2D eigenvalue weighted by Gasteiger charge is 1.95. The number of methoxy groups -OCH3 is 1. The Bertz CT molecular complexity index is 536. The van der Waals surface area contributed by atoms with Gasteiger partial charge >= 0.3 is 0 Å². The molecule has 0 aliphatic rings. The summed E-state index contributed by atoms with van der Waals surface area (Å²) < 4.78 is 6.87. The maximum absolute atomic E-state index is 4.90. The van der Waals surface area contributed by atoms with Crippen LogP contribution in [0.15, 0.2) is 45.9 Å². The van der Waals surface area contributed by atoms with Gasteiger partial charge in [-0.25, -0.2) is 0 Å². The Morgan fingerprint density at radius 3 is 2.00 bits per heavy atom. The van der Waals surface area contributed by atoms with Crippen molar-refractivity contribution in [3.05, 3.63) is 51.4 Å². The molecule has 2 aromatic rings. The van der Waals surface area contributed by atoms with E-state index in [1.807, 2.05) is 26.4 Å². The third kappa shape index (κ3) is 8.80. The van der Waals surface area contributed by atoms with Crippen molar-refractivity contribution in [1.29, 1.82) is 0 Å². The van der Waals surface area contributed by atoms with E-state index >= 15 is 0 Å². The van der Waals surface area contributed by atoms with Crippen LogP contribution in [0.2, 0.25) is 0 Å². The van der Waals surface area contributed by atoms with E-state index in [0.29, 0.717) is 0 Å². The van der Waals surface area contributed by atoms with Crippen LogP contribution in [0.3, 0.4) is 0 Å². The minimum atomic E-state index is 0. The molecule has 4 nitrogen and oxygen atoms in total. The van der Waals surface area contributed by atoms with Gasteiger partial charge in [0.1, 0.15) is 5.75 Å². The third-order valence-corrected chi connectivity index (χ3v) is 3.04. The number of hydrogen-bond acceptors (Lipinski definition) is 4. The second-order valence-corrected chi connectivity index (χ2v) is 6.12. The molecule has 0 bridgehead atoms. The molecule has 0 fully saturated rings. The van der Waals surface area contributed by atoms with Crippen LogP contribution >= 0.6 is 31.9 Å². The molecule has 0 aromatic carbocycles. The van der Waals surface area contributed by atoms with Gasteiger partial charge in [0.05, 0.1) is 13.3 Å². The SMILES string of the molecule is C.CN(C)Cc1cncc(Br)c1.COc1cncc(Br)c1. The van der Waals surface area contributed by atoms with Crippen molar-refractivity contribution in [3.8, 4) is 5.75 Å². The minimum absolute atomic E-state index is 0. The van der Waals surface area contributed by atoms with Crippen LogP contribution in [0, 0.1) is 0 Å². The highest BCUT2D eigenvalue weighted by molar-refractivity contribution is 9.10. The standard InChI is InChI=1S/C8H11BrN2.C6H6BrNO.CH4/c1-11(2)6-7-3-8(9)5-10-4-7;1-9-6-2-5(7)3-8-4-6;/h3-5H,6H2,1-2H3;2-4H,1H3;1H4. The number of rotatable bonds is 3. The van der Waals surface area contributed by atoms with E-state index in [1.54, 1.807) is 25.7 Å². The fraction of sp³-hybridized carbons (Fsp3) is 0.333. The summed E-state index contributed by atoms with van der Waals surface area (Å²) in [6.45, 7) is 0.937. The Morgan fingerprint density at radius 2 is 1.57 bits per heavy atom. The minimum Gasteiger partial charge on any atom is -0.495 e. The summed E-state index contributed by atoms with van der Waals surface area (Å²) in [5.41, 5.74) is 1.23. The van der Waals surface area contributed by atoms with Gasteiger partial charge in [0.15, 0.2) is 0 Å². The molecule has 21 heavy (non-hydrogen) atoms. The molecular weight excluding hydrogens is 398 g/mol. The highest BCUT2D eigenvalue weighted by Crippen LogP contribution is 2.14. The van der Waals surface area contributed by atoms with Crippen LogP contribution in [0.1, 0.15) is 13.0 Å². The van der Waals surface area contributed by atoms with Crippen molar-refractivity contribution in [2.24, 2.45) is 0 Å². The Morgan fingerprint density at radius 1 is 1.00 bits per heavy atom. The molecule has 116 valence electrons. The number of ether oxygens (including phenoxy) is 1. The normalized spacial score (nSPS) is 9.43. The molecule has 0 spiro atoms. The van der Waals surface area contributed by atoms with E-state index in [4.69, 9.17) is 4.74 Å². The van der Waals surface area contributed by atoms with E-state index in [9.17, 15) is 0 Å². The largest absolute Gasteiger partial charge is 0.495 e. The number of aromatic nitrogens is 2. The second kappa shape index (κ2) is 10.7. The predicted molar refractivity (Wildman–Crippen MR) is 94.5 cm³/mol. The molecule has 0 saturated carbocycles. The highest BCUT2D eigenvalue weighted by atomic mass is 79.9.